The molecule has 0 bridgehead atoms. The molecule has 2 aromatic carbocycles. The molecule has 3 rings (SSSR count). The van der Waals surface area contributed by atoms with Gasteiger partial charge in [-0.05, 0) is 42.8 Å². The molecule has 0 aliphatic rings. The van der Waals surface area contributed by atoms with Crippen molar-refractivity contribution in [2.24, 2.45) is 0 Å². The van der Waals surface area contributed by atoms with Gasteiger partial charge in [-0.1, -0.05) is 31.5 Å². The van der Waals surface area contributed by atoms with Crippen LogP contribution in [-0.2, 0) is 21.4 Å². The largest absolute Gasteiger partial charge is 0.330 e. The summed E-state index contributed by atoms with van der Waals surface area (Å²) in [6, 6.07) is 10.2. The van der Waals surface area contributed by atoms with E-state index in [9.17, 15) is 13.2 Å². The number of hydrogen-bond donors (Lipinski definition) is 1. The van der Waals surface area contributed by atoms with Crippen LogP contribution in [0.25, 0.3) is 11.0 Å². The van der Waals surface area contributed by atoms with Crippen molar-refractivity contribution in [3.63, 3.8) is 0 Å². The van der Waals surface area contributed by atoms with Gasteiger partial charge in [0.2, 0.25) is 15.9 Å². The Bertz CT molecular complexity index is 1170. The Morgan fingerprint density at radius 1 is 1.17 bits per heavy atom. The Kier molecular flexibility index (Phi) is 6.80. The quantitative estimate of drug-likeness (QED) is 0.563. The van der Waals surface area contributed by atoms with Crippen LogP contribution in [0.3, 0.4) is 0 Å². The van der Waals surface area contributed by atoms with Gasteiger partial charge in [-0.3, -0.25) is 4.79 Å². The van der Waals surface area contributed by atoms with Gasteiger partial charge >= 0.3 is 0 Å². The number of rotatable bonds is 8. The highest BCUT2D eigenvalue weighted by Crippen LogP contribution is 2.22. The van der Waals surface area contributed by atoms with Crippen LogP contribution in [0, 0.1) is 6.92 Å². The standard InChI is InChI=1S/C21H25ClN4O3S/c1-4-26(5-2)30(28,29)17-8-9-20-19(13-17)23-14-25(20)11-10-21(27)24-18-12-16(22)7-6-15(18)3/h6-9,12-14H,4-5,10-11H2,1-3H3,(H,24,27). The average Bonchev–Trinajstić information content (AvgIpc) is 3.12. The molecule has 7 nitrogen and oxygen atoms in total. The third kappa shape index (κ3) is 4.66. The summed E-state index contributed by atoms with van der Waals surface area (Å²) in [4.78, 5) is 16.9. The van der Waals surface area contributed by atoms with Crippen LogP contribution in [-0.4, -0.2) is 41.3 Å². The number of carbonyl (C=O) groups is 1. The first-order chi connectivity index (χ1) is 14.3. The lowest BCUT2D eigenvalue weighted by molar-refractivity contribution is -0.116. The summed E-state index contributed by atoms with van der Waals surface area (Å²) < 4.78 is 28.7. The first-order valence-corrected chi connectivity index (χ1v) is 11.6. The number of amides is 1. The van der Waals surface area contributed by atoms with Crippen molar-refractivity contribution in [2.45, 2.75) is 38.6 Å². The SMILES string of the molecule is CCN(CC)S(=O)(=O)c1ccc2c(c1)ncn2CCC(=O)Nc1cc(Cl)ccc1C. The van der Waals surface area contributed by atoms with E-state index < -0.39 is 10.0 Å². The van der Waals surface area contributed by atoms with Crippen LogP contribution in [0.1, 0.15) is 25.8 Å². The predicted octanol–water partition coefficient (Wildman–Crippen LogP) is 4.06. The second-order valence-electron chi connectivity index (χ2n) is 6.94. The van der Waals surface area contributed by atoms with E-state index in [1.54, 1.807) is 36.7 Å². The van der Waals surface area contributed by atoms with Gasteiger partial charge in [0.05, 0.1) is 22.3 Å². The highest BCUT2D eigenvalue weighted by atomic mass is 35.5. The zero-order valence-corrected chi connectivity index (χ0v) is 18.8. The molecule has 30 heavy (non-hydrogen) atoms. The minimum atomic E-state index is -3.54. The van der Waals surface area contributed by atoms with Gasteiger partial charge in [0.15, 0.2) is 0 Å². The van der Waals surface area contributed by atoms with Gasteiger partial charge in [-0.15, -0.1) is 0 Å². The zero-order chi connectivity index (χ0) is 21.9. The number of nitrogens with zero attached hydrogens (tertiary/aromatic N) is 3. The number of aromatic nitrogens is 2. The van der Waals surface area contributed by atoms with E-state index in [0.29, 0.717) is 35.9 Å². The molecule has 9 heteroatoms. The van der Waals surface area contributed by atoms with Crippen molar-refractivity contribution >= 4 is 44.3 Å². The summed E-state index contributed by atoms with van der Waals surface area (Å²) in [6.07, 6.45) is 1.87. The Morgan fingerprint density at radius 3 is 2.60 bits per heavy atom. The lowest BCUT2D eigenvalue weighted by atomic mass is 10.2. The number of halogens is 1. The van der Waals surface area contributed by atoms with Crippen LogP contribution >= 0.6 is 11.6 Å². The van der Waals surface area contributed by atoms with E-state index in [1.165, 1.54) is 4.31 Å². The fraction of sp³-hybridized carbons (Fsp3) is 0.333. The number of anilines is 1. The fourth-order valence-corrected chi connectivity index (χ4v) is 4.91. The van der Waals surface area contributed by atoms with E-state index in [1.807, 2.05) is 31.4 Å². The molecule has 0 radical (unpaired) electrons. The second-order valence-corrected chi connectivity index (χ2v) is 9.31. The molecule has 0 unspecified atom stereocenters. The minimum absolute atomic E-state index is 0.136. The number of carbonyl (C=O) groups excluding carboxylic acids is 1. The zero-order valence-electron chi connectivity index (χ0n) is 17.2. The van der Waals surface area contributed by atoms with E-state index in [4.69, 9.17) is 11.6 Å². The summed E-state index contributed by atoms with van der Waals surface area (Å²) in [5.41, 5.74) is 2.98. The lowest BCUT2D eigenvalue weighted by Crippen LogP contribution is -2.30. The average molecular weight is 449 g/mol. The molecular weight excluding hydrogens is 424 g/mol. The van der Waals surface area contributed by atoms with E-state index in [0.717, 1.165) is 11.1 Å². The number of sulfonamides is 1. The number of fused-ring (bicyclic) bond motifs is 1. The molecule has 0 spiro atoms. The molecule has 0 atom stereocenters. The summed E-state index contributed by atoms with van der Waals surface area (Å²) >= 11 is 6.00. The van der Waals surface area contributed by atoms with Crippen molar-refractivity contribution in [3.05, 3.63) is 53.3 Å². The molecule has 0 aliphatic carbocycles. The van der Waals surface area contributed by atoms with Gasteiger partial charge in [0.1, 0.15) is 0 Å². The Labute approximate surface area is 181 Å². The molecule has 1 aromatic heterocycles. The molecule has 1 heterocycles. The summed E-state index contributed by atoms with van der Waals surface area (Å²) in [6.45, 7) is 6.76. The van der Waals surface area contributed by atoms with Crippen LogP contribution in [0.4, 0.5) is 5.69 Å². The molecule has 1 amide bonds. The van der Waals surface area contributed by atoms with Crippen molar-refractivity contribution in [1.29, 1.82) is 0 Å². The number of benzene rings is 2. The summed E-state index contributed by atoms with van der Waals surface area (Å²) in [5.74, 6) is -0.136. The van der Waals surface area contributed by atoms with Crippen molar-refractivity contribution in [1.82, 2.24) is 13.9 Å². The van der Waals surface area contributed by atoms with Crippen molar-refractivity contribution < 1.29 is 13.2 Å². The maximum Gasteiger partial charge on any atom is 0.243 e. The molecule has 3 aromatic rings. The fourth-order valence-electron chi connectivity index (χ4n) is 3.26. The molecule has 0 saturated carbocycles. The number of aryl methyl sites for hydroxylation is 2. The summed E-state index contributed by atoms with van der Waals surface area (Å²) in [5, 5.41) is 3.44. The van der Waals surface area contributed by atoms with E-state index >= 15 is 0 Å². The highest BCUT2D eigenvalue weighted by Gasteiger charge is 2.22. The Morgan fingerprint density at radius 2 is 1.90 bits per heavy atom. The first kappa shape index (κ1) is 22.3. The van der Waals surface area contributed by atoms with Crippen LogP contribution in [0.2, 0.25) is 5.02 Å². The van der Waals surface area contributed by atoms with Crippen molar-refractivity contribution in [2.75, 3.05) is 18.4 Å². The normalized spacial score (nSPS) is 11.9. The van der Waals surface area contributed by atoms with Gasteiger partial charge in [-0.25, -0.2) is 13.4 Å². The number of imidazole rings is 1. The van der Waals surface area contributed by atoms with Crippen LogP contribution in [0.5, 0.6) is 0 Å². The maximum absolute atomic E-state index is 12.7. The minimum Gasteiger partial charge on any atom is -0.330 e. The van der Waals surface area contributed by atoms with Gasteiger partial charge in [-0.2, -0.15) is 4.31 Å². The molecule has 0 saturated heterocycles. The van der Waals surface area contributed by atoms with Crippen LogP contribution in [0.15, 0.2) is 47.6 Å². The smallest absolute Gasteiger partial charge is 0.243 e. The summed E-state index contributed by atoms with van der Waals surface area (Å²) in [7, 11) is -3.54. The molecule has 0 fully saturated rings. The van der Waals surface area contributed by atoms with E-state index in [-0.39, 0.29) is 17.2 Å². The Hall–Kier alpha value is -2.42. The molecular formula is C21H25ClN4O3S. The highest BCUT2D eigenvalue weighted by molar-refractivity contribution is 7.89. The van der Waals surface area contributed by atoms with E-state index in [2.05, 4.69) is 10.3 Å². The van der Waals surface area contributed by atoms with Gasteiger partial charge in [0, 0.05) is 36.8 Å². The number of nitrogens with one attached hydrogen (secondary N) is 1. The lowest BCUT2D eigenvalue weighted by Gasteiger charge is -2.18. The third-order valence-corrected chi connectivity index (χ3v) is 7.27. The predicted molar refractivity (Wildman–Crippen MR) is 119 cm³/mol. The number of hydrogen-bond acceptors (Lipinski definition) is 4. The van der Waals surface area contributed by atoms with Gasteiger partial charge in [0.25, 0.3) is 0 Å². The molecule has 160 valence electrons. The molecule has 0 aliphatic heterocycles. The van der Waals surface area contributed by atoms with Crippen LogP contribution < -0.4 is 5.32 Å². The van der Waals surface area contributed by atoms with Crippen molar-refractivity contribution in [3.8, 4) is 0 Å². The monoisotopic (exact) mass is 448 g/mol. The second kappa shape index (κ2) is 9.16. The van der Waals surface area contributed by atoms with Gasteiger partial charge < -0.3 is 9.88 Å². The Balaban J connectivity index is 1.73. The first-order valence-electron chi connectivity index (χ1n) is 9.77. The maximum atomic E-state index is 12.7. The third-order valence-electron chi connectivity index (χ3n) is 4.99. The molecule has 1 N–H and O–H groups in total. The topological polar surface area (TPSA) is 84.3 Å².